The van der Waals surface area contributed by atoms with Crippen LogP contribution >= 0.6 is 0 Å². The number of ether oxygens (including phenoxy) is 1. The Labute approximate surface area is 168 Å². The van der Waals surface area contributed by atoms with Gasteiger partial charge in [0.25, 0.3) is 0 Å². The van der Waals surface area contributed by atoms with Crippen LogP contribution in [0, 0.1) is 5.92 Å². The molecule has 1 amide bonds. The van der Waals surface area contributed by atoms with Crippen molar-refractivity contribution in [2.75, 3.05) is 33.8 Å². The monoisotopic (exact) mass is 383 g/mol. The van der Waals surface area contributed by atoms with Gasteiger partial charge in [-0.15, -0.1) is 0 Å². The third-order valence-corrected chi connectivity index (χ3v) is 6.70. The Balaban J connectivity index is 1.36. The Hall–Kier alpha value is -2.01. The topological polar surface area (TPSA) is 37.7 Å². The van der Waals surface area contributed by atoms with Gasteiger partial charge in [-0.05, 0) is 56.8 Å². The third kappa shape index (κ3) is 3.90. The van der Waals surface area contributed by atoms with Crippen molar-refractivity contribution in [3.63, 3.8) is 0 Å². The lowest BCUT2D eigenvalue weighted by Crippen LogP contribution is -2.51. The number of aromatic nitrogens is 1. The van der Waals surface area contributed by atoms with Crippen molar-refractivity contribution in [1.82, 2.24) is 14.4 Å². The van der Waals surface area contributed by atoms with Gasteiger partial charge in [0.05, 0.1) is 12.6 Å². The van der Waals surface area contributed by atoms with Crippen molar-refractivity contribution >= 4 is 16.8 Å². The van der Waals surface area contributed by atoms with Crippen molar-refractivity contribution in [3.8, 4) is 5.75 Å². The zero-order valence-corrected chi connectivity index (χ0v) is 17.3. The molecule has 0 unspecified atom stereocenters. The fraction of sp³-hybridized carbons (Fsp3) is 0.609. The molecule has 2 aliphatic rings. The first-order valence-corrected chi connectivity index (χ1v) is 10.8. The lowest BCUT2D eigenvalue weighted by atomic mass is 9.83. The molecule has 2 saturated heterocycles. The smallest absolute Gasteiger partial charge is 0.224 e. The summed E-state index contributed by atoms with van der Waals surface area (Å²) in [5.74, 6) is 1.74. The van der Waals surface area contributed by atoms with Crippen LogP contribution in [0.15, 0.2) is 30.5 Å². The van der Waals surface area contributed by atoms with E-state index in [0.717, 1.165) is 23.2 Å². The molecule has 0 bridgehead atoms. The quantitative estimate of drug-likeness (QED) is 0.762. The largest absolute Gasteiger partial charge is 0.495 e. The van der Waals surface area contributed by atoms with Gasteiger partial charge in [-0.25, -0.2) is 0 Å². The minimum absolute atomic E-state index is 0.240. The second-order valence-corrected chi connectivity index (χ2v) is 8.43. The van der Waals surface area contributed by atoms with E-state index in [1.807, 2.05) is 24.1 Å². The standard InChI is InChI=1S/C23H33N3O2/c1-24(17-19-8-6-14-25-13-4-3-9-20(19)25)22(27)12-16-26-15-11-18-7-5-10-21(28-2)23(18)26/h5,7,10-11,15,19-20H,3-4,6,8-9,12-14,16-17H2,1-2H3/t19-,20-/m1/s1. The Kier molecular flexibility index (Phi) is 5.90. The first kappa shape index (κ1) is 19.3. The van der Waals surface area contributed by atoms with Crippen LogP contribution in [0.4, 0.5) is 0 Å². The molecule has 5 heteroatoms. The Morgan fingerprint density at radius 1 is 1.18 bits per heavy atom. The number of rotatable bonds is 6. The third-order valence-electron chi connectivity index (χ3n) is 6.70. The summed E-state index contributed by atoms with van der Waals surface area (Å²) in [6.45, 7) is 4.09. The highest BCUT2D eigenvalue weighted by atomic mass is 16.5. The fourth-order valence-electron chi connectivity index (χ4n) is 5.23. The van der Waals surface area contributed by atoms with Gasteiger partial charge in [0.1, 0.15) is 5.75 Å². The van der Waals surface area contributed by atoms with Crippen LogP contribution in [0.3, 0.4) is 0 Å². The molecule has 0 radical (unpaired) electrons. The average molecular weight is 384 g/mol. The molecule has 5 nitrogen and oxygen atoms in total. The molecule has 1 aromatic carbocycles. The van der Waals surface area contributed by atoms with E-state index in [2.05, 4.69) is 27.8 Å². The van der Waals surface area contributed by atoms with Gasteiger partial charge < -0.3 is 19.1 Å². The molecule has 1 aromatic heterocycles. The number of carbonyl (C=O) groups excluding carboxylic acids is 1. The number of hydrogen-bond acceptors (Lipinski definition) is 3. The first-order chi connectivity index (χ1) is 13.7. The van der Waals surface area contributed by atoms with E-state index in [1.165, 1.54) is 45.2 Å². The van der Waals surface area contributed by atoms with Crippen molar-refractivity contribution in [3.05, 3.63) is 30.5 Å². The summed E-state index contributed by atoms with van der Waals surface area (Å²) in [4.78, 5) is 17.5. The van der Waals surface area contributed by atoms with Crippen molar-refractivity contribution in [1.29, 1.82) is 0 Å². The molecule has 4 rings (SSSR count). The maximum absolute atomic E-state index is 12.8. The first-order valence-electron chi connectivity index (χ1n) is 10.8. The van der Waals surface area contributed by atoms with Crippen LogP contribution in [0.5, 0.6) is 5.75 Å². The van der Waals surface area contributed by atoms with Crippen molar-refractivity contribution in [2.45, 2.75) is 51.1 Å². The van der Waals surface area contributed by atoms with E-state index >= 15 is 0 Å². The minimum Gasteiger partial charge on any atom is -0.495 e. The number of methoxy groups -OCH3 is 1. The summed E-state index contributed by atoms with van der Waals surface area (Å²) < 4.78 is 7.65. The Morgan fingerprint density at radius 3 is 2.89 bits per heavy atom. The summed E-state index contributed by atoms with van der Waals surface area (Å²) in [5.41, 5.74) is 1.07. The van der Waals surface area contributed by atoms with Crippen LogP contribution in [0.2, 0.25) is 0 Å². The number of para-hydroxylation sites is 1. The maximum atomic E-state index is 12.8. The summed E-state index contributed by atoms with van der Waals surface area (Å²) in [6.07, 6.45) is 9.11. The highest BCUT2D eigenvalue weighted by Crippen LogP contribution is 2.31. The summed E-state index contributed by atoms with van der Waals surface area (Å²) in [6, 6.07) is 8.84. The Morgan fingerprint density at radius 2 is 2.04 bits per heavy atom. The number of nitrogens with zero attached hydrogens (tertiary/aromatic N) is 3. The van der Waals surface area contributed by atoms with Gasteiger partial charge >= 0.3 is 0 Å². The maximum Gasteiger partial charge on any atom is 0.224 e. The fourth-order valence-corrected chi connectivity index (χ4v) is 5.23. The van der Waals surface area contributed by atoms with E-state index in [0.29, 0.717) is 24.9 Å². The summed E-state index contributed by atoms with van der Waals surface area (Å²) in [7, 11) is 3.68. The molecule has 2 atom stereocenters. The van der Waals surface area contributed by atoms with Crippen LogP contribution in [0.1, 0.15) is 38.5 Å². The Bertz CT molecular complexity index is 813. The average Bonchev–Trinajstić information content (AvgIpc) is 3.15. The molecule has 2 aliphatic heterocycles. The number of benzene rings is 1. The number of piperidine rings is 2. The van der Waals surface area contributed by atoms with E-state index in [1.54, 1.807) is 7.11 Å². The highest BCUT2D eigenvalue weighted by Gasteiger charge is 2.33. The number of aryl methyl sites for hydroxylation is 1. The van der Waals surface area contributed by atoms with Crippen molar-refractivity contribution < 1.29 is 9.53 Å². The molecule has 2 fully saturated rings. The summed E-state index contributed by atoms with van der Waals surface area (Å²) >= 11 is 0. The SMILES string of the molecule is COc1cccc2ccn(CCC(=O)N(C)C[C@H]3CCCN4CCCC[C@H]34)c12. The van der Waals surface area contributed by atoms with E-state index in [-0.39, 0.29) is 5.91 Å². The number of amides is 1. The molecular formula is C23H33N3O2. The van der Waals surface area contributed by atoms with Gasteiger partial charge in [0, 0.05) is 44.2 Å². The lowest BCUT2D eigenvalue weighted by Gasteiger charge is -2.45. The second kappa shape index (κ2) is 8.56. The molecule has 152 valence electrons. The minimum atomic E-state index is 0.240. The van der Waals surface area contributed by atoms with Crippen LogP contribution in [0.25, 0.3) is 10.9 Å². The molecule has 28 heavy (non-hydrogen) atoms. The van der Waals surface area contributed by atoms with Crippen molar-refractivity contribution in [2.24, 2.45) is 5.92 Å². The zero-order chi connectivity index (χ0) is 19.5. The molecule has 0 aliphatic carbocycles. The normalized spacial score (nSPS) is 22.8. The van der Waals surface area contributed by atoms with Gasteiger partial charge in [-0.2, -0.15) is 0 Å². The molecular weight excluding hydrogens is 350 g/mol. The molecule has 0 saturated carbocycles. The zero-order valence-electron chi connectivity index (χ0n) is 17.3. The van der Waals surface area contributed by atoms with E-state index in [4.69, 9.17) is 4.74 Å². The van der Waals surface area contributed by atoms with Gasteiger partial charge in [0.15, 0.2) is 0 Å². The molecule has 0 N–H and O–H groups in total. The van der Waals surface area contributed by atoms with Crippen LogP contribution in [-0.4, -0.2) is 60.1 Å². The van der Waals surface area contributed by atoms with E-state index < -0.39 is 0 Å². The number of fused-ring (bicyclic) bond motifs is 2. The second-order valence-electron chi connectivity index (χ2n) is 8.43. The number of hydrogen-bond donors (Lipinski definition) is 0. The predicted molar refractivity (Wildman–Crippen MR) is 113 cm³/mol. The summed E-state index contributed by atoms with van der Waals surface area (Å²) in [5, 5.41) is 1.15. The number of carbonyl (C=O) groups is 1. The van der Waals surface area contributed by atoms with Gasteiger partial charge in [-0.1, -0.05) is 18.6 Å². The molecule has 2 aromatic rings. The highest BCUT2D eigenvalue weighted by molar-refractivity contribution is 5.86. The van der Waals surface area contributed by atoms with Gasteiger partial charge in [0.2, 0.25) is 5.91 Å². The van der Waals surface area contributed by atoms with Gasteiger partial charge in [-0.3, -0.25) is 4.79 Å². The molecule has 0 spiro atoms. The predicted octanol–water partition coefficient (Wildman–Crippen LogP) is 3.76. The van der Waals surface area contributed by atoms with E-state index in [9.17, 15) is 4.79 Å². The molecule has 3 heterocycles. The van der Waals surface area contributed by atoms with Crippen LogP contribution in [-0.2, 0) is 11.3 Å². The van der Waals surface area contributed by atoms with Crippen LogP contribution < -0.4 is 4.74 Å². The lowest BCUT2D eigenvalue weighted by molar-refractivity contribution is -0.131.